The third kappa shape index (κ3) is 2.84. The van der Waals surface area contributed by atoms with E-state index in [1.54, 1.807) is 48.5 Å². The first kappa shape index (κ1) is 22.6. The zero-order chi connectivity index (χ0) is 24.3. The summed E-state index contributed by atoms with van der Waals surface area (Å²) in [4.78, 5) is 16.8. The Bertz CT molecular complexity index is 1250. The van der Waals surface area contributed by atoms with Crippen LogP contribution in [0.25, 0.3) is 0 Å². The SMILES string of the molecule is COc1cc2c(c(OC)n1)[C@]1(O)[C@H](O)[C@H](C(=O)O)C(c3ccccc3)[C@]1(c1ccc(Br)cc1)O2. The molecule has 0 amide bonds. The molecule has 2 aromatic carbocycles. The number of carboxylic acids is 1. The number of aliphatic hydroxyl groups excluding tert-OH is 1. The van der Waals surface area contributed by atoms with Gasteiger partial charge in [-0.05, 0) is 23.3 Å². The van der Waals surface area contributed by atoms with E-state index in [2.05, 4.69) is 20.9 Å². The van der Waals surface area contributed by atoms with Gasteiger partial charge in [0.05, 0.1) is 25.7 Å². The van der Waals surface area contributed by atoms with Gasteiger partial charge in [-0.25, -0.2) is 0 Å². The lowest BCUT2D eigenvalue weighted by Crippen LogP contribution is -2.52. The van der Waals surface area contributed by atoms with Crippen molar-refractivity contribution in [1.29, 1.82) is 0 Å². The molecule has 176 valence electrons. The molecule has 8 nitrogen and oxygen atoms in total. The Morgan fingerprint density at radius 3 is 2.35 bits per heavy atom. The van der Waals surface area contributed by atoms with Crippen LogP contribution in [0.4, 0.5) is 0 Å². The first-order valence-electron chi connectivity index (χ1n) is 10.6. The fourth-order valence-electron chi connectivity index (χ4n) is 5.50. The third-order valence-electron chi connectivity index (χ3n) is 6.83. The molecule has 1 aliphatic carbocycles. The molecule has 3 aromatic rings. The Labute approximate surface area is 203 Å². The number of methoxy groups -OCH3 is 2. The van der Waals surface area contributed by atoms with Crippen LogP contribution in [0.1, 0.15) is 22.6 Å². The molecule has 0 saturated heterocycles. The van der Waals surface area contributed by atoms with E-state index in [1.165, 1.54) is 20.3 Å². The number of pyridine rings is 1. The molecule has 34 heavy (non-hydrogen) atoms. The number of halogens is 1. The van der Waals surface area contributed by atoms with Crippen molar-refractivity contribution in [2.45, 2.75) is 23.2 Å². The van der Waals surface area contributed by atoms with Crippen molar-refractivity contribution in [3.63, 3.8) is 0 Å². The lowest BCUT2D eigenvalue weighted by molar-refractivity contribution is -0.159. The highest BCUT2D eigenvalue weighted by Gasteiger charge is 2.78. The number of ether oxygens (including phenoxy) is 3. The molecule has 1 aromatic heterocycles. The van der Waals surface area contributed by atoms with Crippen molar-refractivity contribution in [2.24, 2.45) is 5.92 Å². The molecule has 1 unspecified atom stereocenters. The number of aliphatic carboxylic acids is 1. The number of rotatable bonds is 5. The standard InChI is InChI=1S/C25H22BrNO7/c1-32-17-12-16-20(22(27-17)33-2)24(31)21(28)18(23(29)30)19(13-6-4-3-5-7-13)25(24,34-16)14-8-10-15(26)11-9-14/h3-12,18-19,21,28,31H,1-2H3,(H,29,30)/t18-,19?,21-,24+,25+/m1/s1. The maximum Gasteiger partial charge on any atom is 0.310 e. The summed E-state index contributed by atoms with van der Waals surface area (Å²) in [7, 11) is 2.81. The van der Waals surface area contributed by atoms with E-state index in [4.69, 9.17) is 14.2 Å². The summed E-state index contributed by atoms with van der Waals surface area (Å²) >= 11 is 3.42. The zero-order valence-corrected chi connectivity index (χ0v) is 19.9. The van der Waals surface area contributed by atoms with Gasteiger partial charge >= 0.3 is 5.97 Å². The Balaban J connectivity index is 1.89. The predicted octanol–water partition coefficient (Wildman–Crippen LogP) is 3.20. The highest BCUT2D eigenvalue weighted by Crippen LogP contribution is 2.69. The van der Waals surface area contributed by atoms with Crippen LogP contribution in [-0.2, 0) is 16.0 Å². The van der Waals surface area contributed by atoms with Gasteiger partial charge in [-0.3, -0.25) is 4.79 Å². The van der Waals surface area contributed by atoms with Gasteiger partial charge in [0.25, 0.3) is 0 Å². The van der Waals surface area contributed by atoms with E-state index in [9.17, 15) is 20.1 Å². The minimum atomic E-state index is -2.20. The molecule has 1 fully saturated rings. The maximum absolute atomic E-state index is 12.6. The van der Waals surface area contributed by atoms with Gasteiger partial charge in [0.15, 0.2) is 11.2 Å². The Morgan fingerprint density at radius 2 is 1.76 bits per heavy atom. The molecule has 0 radical (unpaired) electrons. The summed E-state index contributed by atoms with van der Waals surface area (Å²) in [6.45, 7) is 0. The van der Waals surface area contributed by atoms with Gasteiger partial charge in [0, 0.05) is 16.5 Å². The monoisotopic (exact) mass is 527 g/mol. The number of aromatic nitrogens is 1. The fraction of sp³-hybridized carbons (Fsp3) is 0.280. The third-order valence-corrected chi connectivity index (χ3v) is 7.36. The van der Waals surface area contributed by atoms with Crippen LogP contribution in [0.5, 0.6) is 17.5 Å². The second-order valence-corrected chi connectivity index (χ2v) is 9.27. The average Bonchev–Trinajstić information content (AvgIpc) is 3.22. The number of hydrogen-bond donors (Lipinski definition) is 3. The number of nitrogens with zero attached hydrogens (tertiary/aromatic N) is 1. The zero-order valence-electron chi connectivity index (χ0n) is 18.3. The van der Waals surface area contributed by atoms with E-state index in [0.29, 0.717) is 11.1 Å². The van der Waals surface area contributed by atoms with Gasteiger partial charge in [-0.1, -0.05) is 58.4 Å². The normalized spacial score (nSPS) is 29.1. The maximum atomic E-state index is 12.6. The minimum Gasteiger partial charge on any atom is -0.481 e. The fourth-order valence-corrected chi connectivity index (χ4v) is 5.76. The summed E-state index contributed by atoms with van der Waals surface area (Å²) in [6.07, 6.45) is -1.75. The number of fused-ring (bicyclic) bond motifs is 3. The molecule has 1 aliphatic heterocycles. The smallest absolute Gasteiger partial charge is 0.310 e. The van der Waals surface area contributed by atoms with Crippen molar-refractivity contribution in [3.05, 3.63) is 81.8 Å². The quantitative estimate of drug-likeness (QED) is 0.462. The van der Waals surface area contributed by atoms with Crippen molar-refractivity contribution in [2.75, 3.05) is 14.2 Å². The van der Waals surface area contributed by atoms with Crippen LogP contribution in [0.2, 0.25) is 0 Å². The van der Waals surface area contributed by atoms with E-state index in [-0.39, 0.29) is 23.1 Å². The second-order valence-electron chi connectivity index (χ2n) is 8.36. The lowest BCUT2D eigenvalue weighted by Gasteiger charge is -2.40. The Kier molecular flexibility index (Phi) is 5.31. The summed E-state index contributed by atoms with van der Waals surface area (Å²) in [5.74, 6) is -3.26. The molecule has 0 spiro atoms. The van der Waals surface area contributed by atoms with Crippen LogP contribution in [0.15, 0.2) is 65.1 Å². The highest BCUT2D eigenvalue weighted by atomic mass is 79.9. The van der Waals surface area contributed by atoms with Crippen LogP contribution < -0.4 is 14.2 Å². The number of carbonyl (C=O) groups is 1. The van der Waals surface area contributed by atoms with E-state index in [1.807, 2.05) is 6.07 Å². The minimum absolute atomic E-state index is 0.0206. The highest BCUT2D eigenvalue weighted by molar-refractivity contribution is 9.10. The molecular formula is C25H22BrNO7. The average molecular weight is 528 g/mol. The largest absolute Gasteiger partial charge is 0.481 e. The molecular weight excluding hydrogens is 506 g/mol. The molecule has 5 atom stereocenters. The van der Waals surface area contributed by atoms with E-state index in [0.717, 1.165) is 4.47 Å². The van der Waals surface area contributed by atoms with Crippen molar-refractivity contribution < 1.29 is 34.3 Å². The first-order chi connectivity index (χ1) is 16.3. The molecule has 1 saturated carbocycles. The topological polar surface area (TPSA) is 118 Å². The van der Waals surface area contributed by atoms with Gasteiger partial charge < -0.3 is 29.5 Å². The summed E-state index contributed by atoms with van der Waals surface area (Å²) < 4.78 is 18.1. The molecule has 2 aliphatic rings. The predicted molar refractivity (Wildman–Crippen MR) is 124 cm³/mol. The summed E-state index contributed by atoms with van der Waals surface area (Å²) in [6, 6.07) is 17.4. The van der Waals surface area contributed by atoms with Gasteiger partial charge in [0.1, 0.15) is 11.9 Å². The van der Waals surface area contributed by atoms with Crippen LogP contribution in [0.3, 0.4) is 0 Å². The van der Waals surface area contributed by atoms with Crippen LogP contribution in [0, 0.1) is 5.92 Å². The van der Waals surface area contributed by atoms with Crippen LogP contribution in [-0.4, -0.2) is 46.6 Å². The number of carboxylic acid groups (broad SMARTS) is 1. The van der Waals surface area contributed by atoms with E-state index < -0.39 is 35.1 Å². The molecule has 5 rings (SSSR count). The Hall–Kier alpha value is -3.14. The molecule has 9 heteroatoms. The van der Waals surface area contributed by atoms with Crippen molar-refractivity contribution >= 4 is 21.9 Å². The van der Waals surface area contributed by atoms with Crippen LogP contribution >= 0.6 is 15.9 Å². The molecule has 3 N–H and O–H groups in total. The van der Waals surface area contributed by atoms with Crippen molar-refractivity contribution in [3.8, 4) is 17.5 Å². The van der Waals surface area contributed by atoms with E-state index >= 15 is 0 Å². The summed E-state index contributed by atoms with van der Waals surface area (Å²) in [5.41, 5.74) is -2.74. The number of aliphatic hydroxyl groups is 2. The van der Waals surface area contributed by atoms with Gasteiger partial charge in [-0.2, -0.15) is 4.98 Å². The van der Waals surface area contributed by atoms with Gasteiger partial charge in [-0.15, -0.1) is 0 Å². The Morgan fingerprint density at radius 1 is 1.09 bits per heavy atom. The first-order valence-corrected chi connectivity index (χ1v) is 11.4. The van der Waals surface area contributed by atoms with Gasteiger partial charge in [0.2, 0.25) is 11.8 Å². The summed E-state index contributed by atoms with van der Waals surface area (Å²) in [5, 5.41) is 34.2. The number of benzene rings is 2. The second kappa shape index (κ2) is 7.97. The molecule has 2 heterocycles. The van der Waals surface area contributed by atoms with Crippen molar-refractivity contribution in [1.82, 2.24) is 4.98 Å². The molecule has 0 bridgehead atoms. The number of hydrogen-bond acceptors (Lipinski definition) is 7. The lowest BCUT2D eigenvalue weighted by atomic mass is 9.71.